The molecule has 0 radical (unpaired) electrons. The Morgan fingerprint density at radius 1 is 1.42 bits per heavy atom. The summed E-state index contributed by atoms with van der Waals surface area (Å²) in [6.07, 6.45) is -0.399. The summed E-state index contributed by atoms with van der Waals surface area (Å²) in [5.74, 6) is -2.22. The van der Waals surface area contributed by atoms with Crippen LogP contribution in [0.3, 0.4) is 0 Å². The van der Waals surface area contributed by atoms with Crippen LogP contribution in [0, 0.1) is 0 Å². The number of rotatable bonds is 2. The van der Waals surface area contributed by atoms with E-state index in [9.17, 15) is 14.4 Å². The standard InChI is InChI=1S/C7H7NO4/c1-3-4(2-5(9)10)7(12)8-6(3)11/h2H2,1H3,(H,9,10)(H,8,11,12). The van der Waals surface area contributed by atoms with Crippen LogP contribution in [-0.4, -0.2) is 22.9 Å². The van der Waals surface area contributed by atoms with Gasteiger partial charge in [0.25, 0.3) is 11.8 Å². The Hall–Kier alpha value is -1.65. The van der Waals surface area contributed by atoms with Gasteiger partial charge in [-0.2, -0.15) is 0 Å². The highest BCUT2D eigenvalue weighted by atomic mass is 16.4. The second-order valence-electron chi connectivity index (χ2n) is 2.46. The molecule has 1 aliphatic rings. The van der Waals surface area contributed by atoms with E-state index in [2.05, 4.69) is 0 Å². The topological polar surface area (TPSA) is 83.5 Å². The molecule has 12 heavy (non-hydrogen) atoms. The van der Waals surface area contributed by atoms with Gasteiger partial charge in [0.1, 0.15) is 0 Å². The molecule has 2 N–H and O–H groups in total. The second-order valence-corrected chi connectivity index (χ2v) is 2.46. The quantitative estimate of drug-likeness (QED) is 0.542. The van der Waals surface area contributed by atoms with Gasteiger partial charge >= 0.3 is 5.97 Å². The van der Waals surface area contributed by atoms with Gasteiger partial charge in [0.2, 0.25) is 0 Å². The summed E-state index contributed by atoms with van der Waals surface area (Å²) in [6, 6.07) is 0. The van der Waals surface area contributed by atoms with E-state index in [1.807, 2.05) is 5.32 Å². The fourth-order valence-corrected chi connectivity index (χ4v) is 0.944. The predicted octanol–water partition coefficient (Wildman–Crippen LogP) is -0.566. The minimum Gasteiger partial charge on any atom is -0.481 e. The number of carboxylic acid groups (broad SMARTS) is 1. The maximum atomic E-state index is 10.9. The normalized spacial score (nSPS) is 16.8. The smallest absolute Gasteiger partial charge is 0.308 e. The van der Waals surface area contributed by atoms with E-state index in [-0.39, 0.29) is 11.1 Å². The van der Waals surface area contributed by atoms with Crippen molar-refractivity contribution in [1.82, 2.24) is 5.32 Å². The first-order valence-electron chi connectivity index (χ1n) is 3.29. The van der Waals surface area contributed by atoms with Gasteiger partial charge in [-0.3, -0.25) is 19.7 Å². The number of carbonyl (C=O) groups is 3. The third kappa shape index (κ3) is 1.34. The van der Waals surface area contributed by atoms with E-state index in [1.54, 1.807) is 0 Å². The van der Waals surface area contributed by atoms with Gasteiger partial charge < -0.3 is 5.11 Å². The fraction of sp³-hybridized carbons (Fsp3) is 0.286. The monoisotopic (exact) mass is 169 g/mol. The minimum absolute atomic E-state index is 0.0486. The number of aliphatic carboxylic acids is 1. The van der Waals surface area contributed by atoms with Gasteiger partial charge in [0, 0.05) is 11.1 Å². The molecule has 0 aromatic heterocycles. The Morgan fingerprint density at radius 3 is 2.33 bits per heavy atom. The van der Waals surface area contributed by atoms with Crippen LogP contribution < -0.4 is 5.32 Å². The molecule has 0 aromatic rings. The molecule has 2 amide bonds. The lowest BCUT2D eigenvalue weighted by atomic mass is 10.1. The van der Waals surface area contributed by atoms with Crippen molar-refractivity contribution in [3.05, 3.63) is 11.1 Å². The van der Waals surface area contributed by atoms with Crippen LogP contribution in [0.25, 0.3) is 0 Å². The van der Waals surface area contributed by atoms with Gasteiger partial charge in [-0.15, -0.1) is 0 Å². The van der Waals surface area contributed by atoms with Crippen LogP contribution in [0.2, 0.25) is 0 Å². The summed E-state index contributed by atoms with van der Waals surface area (Å²) in [6.45, 7) is 1.43. The molecule has 0 spiro atoms. The Morgan fingerprint density at radius 2 is 2.00 bits per heavy atom. The van der Waals surface area contributed by atoms with Crippen molar-refractivity contribution < 1.29 is 19.5 Å². The molecule has 0 saturated heterocycles. The SMILES string of the molecule is CC1=C(CC(=O)O)C(=O)NC1=O. The zero-order chi connectivity index (χ0) is 9.30. The fourth-order valence-electron chi connectivity index (χ4n) is 0.944. The number of hydrogen-bond donors (Lipinski definition) is 2. The molecule has 0 unspecified atom stereocenters. The van der Waals surface area contributed by atoms with Gasteiger partial charge in [-0.25, -0.2) is 0 Å². The van der Waals surface area contributed by atoms with Crippen LogP contribution in [0.15, 0.2) is 11.1 Å². The van der Waals surface area contributed by atoms with Crippen LogP contribution in [0.5, 0.6) is 0 Å². The van der Waals surface area contributed by atoms with E-state index in [0.717, 1.165) is 0 Å². The third-order valence-corrected chi connectivity index (χ3v) is 1.62. The molecule has 0 fully saturated rings. The van der Waals surface area contributed by atoms with E-state index in [4.69, 9.17) is 5.11 Å². The highest BCUT2D eigenvalue weighted by Crippen LogP contribution is 2.14. The van der Waals surface area contributed by atoms with Crippen molar-refractivity contribution in [2.24, 2.45) is 0 Å². The highest BCUT2D eigenvalue weighted by molar-refractivity contribution is 6.20. The first-order valence-corrected chi connectivity index (χ1v) is 3.29. The van der Waals surface area contributed by atoms with Crippen LogP contribution in [0.4, 0.5) is 0 Å². The molecule has 0 atom stereocenters. The lowest BCUT2D eigenvalue weighted by Crippen LogP contribution is -2.23. The lowest BCUT2D eigenvalue weighted by molar-refractivity contribution is -0.137. The Kier molecular flexibility index (Phi) is 1.95. The molecule has 64 valence electrons. The van der Waals surface area contributed by atoms with Crippen molar-refractivity contribution in [3.63, 3.8) is 0 Å². The average Bonchev–Trinajstić information content (AvgIpc) is 2.16. The molecule has 5 heteroatoms. The summed E-state index contributed by atoms with van der Waals surface area (Å²) in [5.41, 5.74) is 0.245. The summed E-state index contributed by atoms with van der Waals surface area (Å²) >= 11 is 0. The molecule has 1 aliphatic heterocycles. The Labute approximate surface area is 68.1 Å². The van der Waals surface area contributed by atoms with Gasteiger partial charge in [-0.1, -0.05) is 0 Å². The van der Waals surface area contributed by atoms with Gasteiger partial charge in [0.15, 0.2) is 0 Å². The minimum atomic E-state index is -1.12. The number of imide groups is 1. The van der Waals surface area contributed by atoms with Gasteiger partial charge in [0.05, 0.1) is 6.42 Å². The molecule has 1 rings (SSSR count). The zero-order valence-electron chi connectivity index (χ0n) is 6.38. The maximum absolute atomic E-state index is 10.9. The molecular formula is C7H7NO4. The van der Waals surface area contributed by atoms with E-state index in [0.29, 0.717) is 0 Å². The third-order valence-electron chi connectivity index (χ3n) is 1.62. The second kappa shape index (κ2) is 2.77. The number of carbonyl (C=O) groups excluding carboxylic acids is 2. The zero-order valence-corrected chi connectivity index (χ0v) is 6.38. The molecule has 0 saturated carbocycles. The summed E-state index contributed by atoms with van der Waals surface area (Å²) in [5, 5.41) is 10.4. The molecule has 5 nitrogen and oxygen atoms in total. The predicted molar refractivity (Wildman–Crippen MR) is 38.1 cm³/mol. The Balaban J connectivity index is 2.93. The Bertz CT molecular complexity index is 303. The molecule has 0 aromatic carbocycles. The highest BCUT2D eigenvalue weighted by Gasteiger charge is 2.27. The molecule has 0 aliphatic carbocycles. The van der Waals surface area contributed by atoms with Crippen LogP contribution in [-0.2, 0) is 14.4 Å². The number of carboxylic acids is 1. The molecule has 1 heterocycles. The number of nitrogens with one attached hydrogen (secondary N) is 1. The largest absolute Gasteiger partial charge is 0.481 e. The molecular weight excluding hydrogens is 162 g/mol. The summed E-state index contributed by atoms with van der Waals surface area (Å²) in [7, 11) is 0. The van der Waals surface area contributed by atoms with E-state index < -0.39 is 24.2 Å². The maximum Gasteiger partial charge on any atom is 0.308 e. The van der Waals surface area contributed by atoms with Crippen molar-refractivity contribution in [2.75, 3.05) is 0 Å². The van der Waals surface area contributed by atoms with Crippen LogP contribution >= 0.6 is 0 Å². The number of hydrogen-bond acceptors (Lipinski definition) is 3. The van der Waals surface area contributed by atoms with Crippen molar-refractivity contribution in [2.45, 2.75) is 13.3 Å². The van der Waals surface area contributed by atoms with Crippen molar-refractivity contribution in [1.29, 1.82) is 0 Å². The average molecular weight is 169 g/mol. The summed E-state index contributed by atoms with van der Waals surface area (Å²) < 4.78 is 0. The van der Waals surface area contributed by atoms with E-state index in [1.165, 1.54) is 6.92 Å². The lowest BCUT2D eigenvalue weighted by Gasteiger charge is -1.93. The van der Waals surface area contributed by atoms with Crippen molar-refractivity contribution in [3.8, 4) is 0 Å². The van der Waals surface area contributed by atoms with Gasteiger partial charge in [-0.05, 0) is 6.92 Å². The number of amides is 2. The van der Waals surface area contributed by atoms with Crippen LogP contribution in [0.1, 0.15) is 13.3 Å². The first-order chi connectivity index (χ1) is 5.52. The molecule has 0 bridgehead atoms. The van der Waals surface area contributed by atoms with Crippen molar-refractivity contribution >= 4 is 17.8 Å². The first kappa shape index (κ1) is 8.45. The van der Waals surface area contributed by atoms with E-state index >= 15 is 0 Å². The summed E-state index contributed by atoms with van der Waals surface area (Å²) in [4.78, 5) is 31.9.